The summed E-state index contributed by atoms with van der Waals surface area (Å²) in [5.41, 5.74) is 12.0. The lowest BCUT2D eigenvalue weighted by molar-refractivity contribution is -0.119. The summed E-state index contributed by atoms with van der Waals surface area (Å²) < 4.78 is 0. The third kappa shape index (κ3) is 4.92. The smallest absolute Gasteiger partial charge is 0.227 e. The lowest BCUT2D eigenvalue weighted by atomic mass is 9.89. The van der Waals surface area contributed by atoms with Gasteiger partial charge >= 0.3 is 0 Å². The van der Waals surface area contributed by atoms with Crippen molar-refractivity contribution in [2.24, 2.45) is 5.92 Å². The number of aromatic nitrogens is 3. The molecule has 5 aromatic rings. The number of pyridine rings is 1. The molecule has 7 heteroatoms. The molecule has 0 saturated heterocycles. The van der Waals surface area contributed by atoms with E-state index in [-0.39, 0.29) is 11.8 Å². The number of nitrogens with one attached hydrogen (secondary N) is 3. The van der Waals surface area contributed by atoms with Crippen LogP contribution >= 0.6 is 11.3 Å². The van der Waals surface area contributed by atoms with Gasteiger partial charge in [-0.15, -0.1) is 11.3 Å². The fourth-order valence-electron chi connectivity index (χ4n) is 6.39. The molecule has 7 rings (SSSR count). The fraction of sp³-hybridized carbons (Fsp3) is 0.286. The average molecular weight is 574 g/mol. The first kappa shape index (κ1) is 26.7. The molecule has 2 aliphatic rings. The number of fused-ring (bicyclic) bond motifs is 2. The van der Waals surface area contributed by atoms with Gasteiger partial charge in [0.2, 0.25) is 5.91 Å². The fourth-order valence-corrected chi connectivity index (χ4v) is 7.13. The number of carbonyl (C=O) groups excluding carboxylic acids is 1. The molecular weight excluding hydrogens is 538 g/mol. The van der Waals surface area contributed by atoms with Crippen LogP contribution in [0.5, 0.6) is 0 Å². The molecule has 42 heavy (non-hydrogen) atoms. The number of anilines is 2. The Kier molecular flexibility index (Phi) is 7.12. The Balaban J connectivity index is 1.30. The van der Waals surface area contributed by atoms with Gasteiger partial charge in [-0.3, -0.25) is 9.78 Å². The summed E-state index contributed by atoms with van der Waals surface area (Å²) >= 11 is 1.70. The lowest BCUT2D eigenvalue weighted by Crippen LogP contribution is -2.20. The number of nitrogens with zero attached hydrogens (tertiary/aromatic N) is 2. The molecule has 0 bridgehead atoms. The molecule has 6 nitrogen and oxygen atoms in total. The second-order valence-electron chi connectivity index (χ2n) is 11.3. The Labute approximate surface area is 250 Å². The second kappa shape index (κ2) is 11.2. The summed E-state index contributed by atoms with van der Waals surface area (Å²) in [6.07, 6.45) is 9.87. The van der Waals surface area contributed by atoms with E-state index in [9.17, 15) is 4.79 Å². The molecule has 1 saturated carbocycles. The number of benzene rings is 2. The topological polar surface area (TPSA) is 82.7 Å². The Hall–Kier alpha value is -4.23. The van der Waals surface area contributed by atoms with Gasteiger partial charge in [-0.05, 0) is 83.7 Å². The molecule has 3 aromatic heterocycles. The van der Waals surface area contributed by atoms with Crippen molar-refractivity contribution in [1.29, 1.82) is 0 Å². The minimum Gasteiger partial charge on any atom is -0.381 e. The predicted molar refractivity (Wildman–Crippen MR) is 174 cm³/mol. The van der Waals surface area contributed by atoms with Crippen LogP contribution in [-0.2, 0) is 11.2 Å². The summed E-state index contributed by atoms with van der Waals surface area (Å²) in [5.74, 6) is 1.16. The Morgan fingerprint density at radius 3 is 2.67 bits per heavy atom. The number of carbonyl (C=O) groups is 1. The maximum Gasteiger partial charge on any atom is 0.227 e. The van der Waals surface area contributed by atoms with E-state index < -0.39 is 0 Å². The first-order valence-electron chi connectivity index (χ1n) is 15.0. The molecule has 3 N–H and O–H groups in total. The van der Waals surface area contributed by atoms with E-state index in [0.29, 0.717) is 0 Å². The summed E-state index contributed by atoms with van der Waals surface area (Å²) in [4.78, 5) is 27.4. The quantitative estimate of drug-likeness (QED) is 0.182. The first-order valence-corrected chi connectivity index (χ1v) is 15.9. The van der Waals surface area contributed by atoms with Crippen molar-refractivity contribution >= 4 is 45.2 Å². The number of imidazole rings is 1. The van der Waals surface area contributed by atoms with Crippen LogP contribution in [0.1, 0.15) is 62.9 Å². The Morgan fingerprint density at radius 1 is 1.00 bits per heavy atom. The number of H-pyrrole nitrogens is 1. The number of aromatic amines is 1. The number of hydrogen-bond acceptors (Lipinski definition) is 5. The third-order valence-corrected chi connectivity index (χ3v) is 9.61. The van der Waals surface area contributed by atoms with Crippen LogP contribution in [-0.4, -0.2) is 27.4 Å². The van der Waals surface area contributed by atoms with E-state index in [4.69, 9.17) is 4.98 Å². The molecule has 0 spiro atoms. The zero-order chi connectivity index (χ0) is 28.6. The van der Waals surface area contributed by atoms with Gasteiger partial charge in [0.25, 0.3) is 0 Å². The number of aryl methyl sites for hydroxylation is 1. The van der Waals surface area contributed by atoms with Crippen molar-refractivity contribution < 1.29 is 4.79 Å². The highest BCUT2D eigenvalue weighted by Gasteiger charge is 2.25. The van der Waals surface area contributed by atoms with Crippen LogP contribution in [0, 0.1) is 5.92 Å². The van der Waals surface area contributed by atoms with Gasteiger partial charge < -0.3 is 15.6 Å². The average Bonchev–Trinajstić information content (AvgIpc) is 3.82. The highest BCUT2D eigenvalue weighted by molar-refractivity contribution is 7.13. The van der Waals surface area contributed by atoms with Gasteiger partial charge in [0.15, 0.2) is 0 Å². The van der Waals surface area contributed by atoms with Gasteiger partial charge in [0, 0.05) is 51.6 Å². The number of hydrogen-bond donors (Lipinski definition) is 3. The number of thiophene rings is 1. The summed E-state index contributed by atoms with van der Waals surface area (Å²) in [6.45, 7) is 5.15. The zero-order valence-corrected chi connectivity index (χ0v) is 24.9. The van der Waals surface area contributed by atoms with Crippen LogP contribution in [0.25, 0.3) is 38.2 Å². The lowest BCUT2D eigenvalue weighted by Gasteiger charge is -2.24. The molecule has 1 fully saturated rings. The maximum absolute atomic E-state index is 13.0. The molecule has 1 aliphatic carbocycles. The molecule has 212 valence electrons. The van der Waals surface area contributed by atoms with Crippen LogP contribution in [0.4, 0.5) is 11.4 Å². The number of amides is 1. The van der Waals surface area contributed by atoms with Crippen LogP contribution in [0.2, 0.25) is 0 Å². The minimum atomic E-state index is 0.132. The van der Waals surface area contributed by atoms with E-state index in [2.05, 4.69) is 88.4 Å². The van der Waals surface area contributed by atoms with Crippen molar-refractivity contribution in [3.63, 3.8) is 0 Å². The van der Waals surface area contributed by atoms with Crippen LogP contribution < -0.4 is 10.6 Å². The van der Waals surface area contributed by atoms with Crippen molar-refractivity contribution in [3.05, 3.63) is 88.8 Å². The Bertz CT molecular complexity index is 1810. The molecule has 2 aromatic carbocycles. The normalized spacial score (nSPS) is 15.2. The van der Waals surface area contributed by atoms with E-state index >= 15 is 0 Å². The van der Waals surface area contributed by atoms with Crippen molar-refractivity contribution in [1.82, 2.24) is 15.0 Å². The monoisotopic (exact) mass is 573 g/mol. The van der Waals surface area contributed by atoms with Crippen molar-refractivity contribution in [2.75, 3.05) is 17.2 Å². The van der Waals surface area contributed by atoms with E-state index in [1.54, 1.807) is 11.3 Å². The maximum atomic E-state index is 13.0. The SMILES string of the molecule is CCC1=C(c2nc3c(-c4cccs4)cncc3[nH]2)c2cc(-c3cc(CC)cc(NC(=O)C4CCCC4)c3)ccc2NC1. The molecule has 0 radical (unpaired) electrons. The van der Waals surface area contributed by atoms with Crippen LogP contribution in [0.3, 0.4) is 0 Å². The van der Waals surface area contributed by atoms with Crippen molar-refractivity contribution in [2.45, 2.75) is 52.4 Å². The van der Waals surface area contributed by atoms with Gasteiger partial charge in [0.05, 0.1) is 11.7 Å². The van der Waals surface area contributed by atoms with Gasteiger partial charge in [0.1, 0.15) is 11.3 Å². The third-order valence-electron chi connectivity index (χ3n) is 8.71. The van der Waals surface area contributed by atoms with Gasteiger partial charge in [-0.2, -0.15) is 0 Å². The van der Waals surface area contributed by atoms with E-state index in [1.165, 1.54) is 11.1 Å². The summed E-state index contributed by atoms with van der Waals surface area (Å²) in [7, 11) is 0. The largest absolute Gasteiger partial charge is 0.381 e. The molecule has 0 unspecified atom stereocenters. The molecule has 1 amide bonds. The van der Waals surface area contributed by atoms with Crippen molar-refractivity contribution in [3.8, 4) is 21.6 Å². The van der Waals surface area contributed by atoms with Crippen LogP contribution in [0.15, 0.2) is 71.9 Å². The highest BCUT2D eigenvalue weighted by atomic mass is 32.1. The standard InChI is InChI=1S/C35H35N5OS/c1-3-21-14-25(16-26(15-21)38-35(41)23-8-5-6-9-23)24-11-12-29-27(17-24)32(22(4-2)18-37-29)34-39-30-20-36-19-28(33(30)40-34)31-10-7-13-42-31/h7,10-17,19-20,23,37H,3-6,8-9,18H2,1-2H3,(H,38,41)(H,39,40). The number of rotatable bonds is 7. The molecular formula is C35H35N5OS. The molecule has 4 heterocycles. The van der Waals surface area contributed by atoms with E-state index in [1.807, 2.05) is 12.4 Å². The van der Waals surface area contributed by atoms with E-state index in [0.717, 1.165) is 106 Å². The van der Waals surface area contributed by atoms with Gasteiger partial charge in [-0.1, -0.05) is 44.9 Å². The first-order chi connectivity index (χ1) is 20.6. The van der Waals surface area contributed by atoms with Gasteiger partial charge in [-0.25, -0.2) is 4.98 Å². The minimum absolute atomic E-state index is 0.132. The predicted octanol–water partition coefficient (Wildman–Crippen LogP) is 8.68. The second-order valence-corrected chi connectivity index (χ2v) is 12.3. The zero-order valence-electron chi connectivity index (χ0n) is 24.1. The highest BCUT2D eigenvalue weighted by Crippen LogP contribution is 2.40. The Morgan fingerprint density at radius 2 is 1.88 bits per heavy atom. The summed E-state index contributed by atoms with van der Waals surface area (Å²) in [5, 5.41) is 8.95. The molecule has 1 aliphatic heterocycles. The molecule has 0 atom stereocenters. The summed E-state index contributed by atoms with van der Waals surface area (Å²) in [6, 6.07) is 17.3.